The Bertz CT molecular complexity index is 1260. The lowest BCUT2D eigenvalue weighted by Gasteiger charge is -2.29. The van der Waals surface area contributed by atoms with Crippen LogP contribution in [0.25, 0.3) is 16.5 Å². The molecule has 0 fully saturated rings. The van der Waals surface area contributed by atoms with Crippen molar-refractivity contribution in [2.45, 2.75) is 53.1 Å². The van der Waals surface area contributed by atoms with Crippen LogP contribution in [0.15, 0.2) is 48.7 Å². The van der Waals surface area contributed by atoms with E-state index < -0.39 is 28.9 Å². The van der Waals surface area contributed by atoms with Gasteiger partial charge in [0.05, 0.1) is 17.4 Å². The summed E-state index contributed by atoms with van der Waals surface area (Å²) in [7, 11) is 0. The summed E-state index contributed by atoms with van der Waals surface area (Å²) in [6, 6.07) is 10.7. The van der Waals surface area contributed by atoms with Gasteiger partial charge in [0.25, 0.3) is 5.91 Å². The number of para-hydroxylation sites is 1. The molecule has 5 nitrogen and oxygen atoms in total. The summed E-state index contributed by atoms with van der Waals surface area (Å²) in [4.78, 5) is 31.0. The number of rotatable bonds is 3. The number of hydrogen-bond acceptors (Lipinski definition) is 3. The van der Waals surface area contributed by atoms with Crippen molar-refractivity contribution in [3.8, 4) is 0 Å². The van der Waals surface area contributed by atoms with Gasteiger partial charge in [-0.25, -0.2) is 13.6 Å². The van der Waals surface area contributed by atoms with E-state index >= 15 is 0 Å². The topological polar surface area (TPSA) is 62.4 Å². The van der Waals surface area contributed by atoms with Gasteiger partial charge in [-0.05, 0) is 43.7 Å². The van der Waals surface area contributed by atoms with Crippen molar-refractivity contribution in [2.75, 3.05) is 6.54 Å². The molecule has 3 aromatic rings. The lowest BCUT2D eigenvalue weighted by molar-refractivity contribution is -0.140. The maximum atomic E-state index is 13.8. The number of aromatic nitrogens is 1. The Morgan fingerprint density at radius 1 is 1.09 bits per heavy atom. The summed E-state index contributed by atoms with van der Waals surface area (Å²) < 4.78 is 32.6. The average Bonchev–Trinajstić information content (AvgIpc) is 3.13. The van der Waals surface area contributed by atoms with E-state index in [0.29, 0.717) is 5.69 Å². The van der Waals surface area contributed by atoms with E-state index in [1.165, 1.54) is 17.2 Å². The normalized spacial score (nSPS) is 14.6. The third-order valence-corrected chi connectivity index (χ3v) is 5.49. The maximum absolute atomic E-state index is 13.8. The zero-order valence-electron chi connectivity index (χ0n) is 20.3. The highest BCUT2D eigenvalue weighted by Crippen LogP contribution is 2.40. The van der Waals surface area contributed by atoms with Crippen molar-refractivity contribution >= 4 is 28.4 Å². The number of benzene rings is 2. The molecule has 2 aromatic carbocycles. The Morgan fingerprint density at radius 3 is 2.41 bits per heavy atom. The van der Waals surface area contributed by atoms with E-state index in [1.54, 1.807) is 13.8 Å². The van der Waals surface area contributed by atoms with E-state index in [2.05, 4.69) is 4.98 Å². The van der Waals surface area contributed by atoms with E-state index in [4.69, 9.17) is 4.74 Å². The Labute approximate surface area is 199 Å². The van der Waals surface area contributed by atoms with Gasteiger partial charge in [0.1, 0.15) is 0 Å². The number of halogens is 2. The van der Waals surface area contributed by atoms with Crippen LogP contribution in [0.4, 0.5) is 8.78 Å². The lowest BCUT2D eigenvalue weighted by atomic mass is 9.81. The molecule has 4 rings (SSSR count). The van der Waals surface area contributed by atoms with Crippen LogP contribution in [-0.2, 0) is 14.9 Å². The molecule has 0 saturated carbocycles. The van der Waals surface area contributed by atoms with Crippen LogP contribution in [-0.4, -0.2) is 34.4 Å². The highest BCUT2D eigenvalue weighted by molar-refractivity contribution is 6.18. The molecule has 0 atom stereocenters. The lowest BCUT2D eigenvalue weighted by Crippen LogP contribution is -2.37. The number of amides is 1. The summed E-state index contributed by atoms with van der Waals surface area (Å²) >= 11 is 0. The molecule has 2 heterocycles. The molecule has 0 spiro atoms. The maximum Gasteiger partial charge on any atom is 0.342 e. The predicted molar refractivity (Wildman–Crippen MR) is 131 cm³/mol. The molecule has 1 N–H and O–H groups in total. The Morgan fingerprint density at radius 2 is 1.76 bits per heavy atom. The van der Waals surface area contributed by atoms with E-state index in [-0.39, 0.29) is 25.2 Å². The van der Waals surface area contributed by atoms with Crippen molar-refractivity contribution in [3.05, 3.63) is 77.1 Å². The Hall–Kier alpha value is -3.48. The van der Waals surface area contributed by atoms with Gasteiger partial charge in [-0.15, -0.1) is 0 Å². The van der Waals surface area contributed by atoms with Crippen LogP contribution in [0, 0.1) is 11.6 Å². The number of hydrogen-bond donors (Lipinski definition) is 1. The number of carbonyl (C=O) groups excluding carboxylic acids is 2. The monoisotopic (exact) mass is 470 g/mol. The molecule has 0 aliphatic carbocycles. The molecule has 1 aromatic heterocycles. The smallest absolute Gasteiger partial charge is 0.342 e. The standard InChI is InChI=1S/C25H24F2N2O3.C2H6.H2/c1-14(2)32-24(31)17-12-29(23(30)15-9-10-18(26)19(27)11-15)13-25(3,4)21-16-7-5-6-8-20(16)28-22(17)21;1-2;/h5-12,14,28H,13H2,1-4H3;1-2H3;1H. The number of fused-ring (bicyclic) bond motifs is 3. The molecule has 182 valence electrons. The average molecular weight is 471 g/mol. The fourth-order valence-electron chi connectivity index (χ4n) is 4.18. The number of nitrogens with one attached hydrogen (secondary N) is 1. The first-order valence-electron chi connectivity index (χ1n) is 11.4. The van der Waals surface area contributed by atoms with Crippen LogP contribution in [0.1, 0.15) is 64.6 Å². The fourth-order valence-corrected chi connectivity index (χ4v) is 4.18. The number of H-pyrrole nitrogens is 1. The third-order valence-electron chi connectivity index (χ3n) is 5.49. The molecule has 7 heteroatoms. The summed E-state index contributed by atoms with van der Waals surface area (Å²) in [6.45, 7) is 11.7. The van der Waals surface area contributed by atoms with Crippen LogP contribution < -0.4 is 0 Å². The number of ether oxygens (including phenoxy) is 1. The Balaban J connectivity index is 0.00000140. The van der Waals surface area contributed by atoms with E-state index in [9.17, 15) is 18.4 Å². The minimum Gasteiger partial charge on any atom is -0.459 e. The van der Waals surface area contributed by atoms with E-state index in [1.807, 2.05) is 52.0 Å². The van der Waals surface area contributed by atoms with Crippen LogP contribution in [0.5, 0.6) is 0 Å². The van der Waals surface area contributed by atoms with Gasteiger partial charge in [-0.1, -0.05) is 45.9 Å². The molecule has 0 bridgehead atoms. The SMILES string of the molecule is CC.CC(C)OC(=O)C1=CN(C(=O)c2ccc(F)c(F)c2)CC(C)(C)c2c1[nH]c1ccccc21.[HH]. The fraction of sp³-hybridized carbons (Fsp3) is 0.333. The van der Waals surface area contributed by atoms with Crippen molar-refractivity contribution in [2.24, 2.45) is 0 Å². The predicted octanol–water partition coefficient (Wildman–Crippen LogP) is 6.44. The van der Waals surface area contributed by atoms with Crippen molar-refractivity contribution < 1.29 is 24.5 Å². The first kappa shape index (κ1) is 25.1. The molecule has 0 radical (unpaired) electrons. The number of carbonyl (C=O) groups is 2. The van der Waals surface area contributed by atoms with Gasteiger partial charge >= 0.3 is 5.97 Å². The number of nitrogens with zero attached hydrogens (tertiary/aromatic N) is 1. The summed E-state index contributed by atoms with van der Waals surface area (Å²) in [5, 5.41) is 0.942. The largest absolute Gasteiger partial charge is 0.459 e. The van der Waals surface area contributed by atoms with Crippen LogP contribution in [0.3, 0.4) is 0 Å². The van der Waals surface area contributed by atoms with E-state index in [0.717, 1.165) is 28.6 Å². The molecule has 34 heavy (non-hydrogen) atoms. The summed E-state index contributed by atoms with van der Waals surface area (Å²) in [6.07, 6.45) is 1.08. The molecule has 0 saturated heterocycles. The van der Waals surface area contributed by atoms with Gasteiger partial charge in [-0.2, -0.15) is 0 Å². The molecular weight excluding hydrogens is 438 g/mol. The third kappa shape index (κ3) is 4.74. The molecule has 1 amide bonds. The molecule has 0 unspecified atom stereocenters. The van der Waals surface area contributed by atoms with Gasteiger partial charge < -0.3 is 14.6 Å². The number of esters is 1. The van der Waals surface area contributed by atoms with Gasteiger partial charge in [0.2, 0.25) is 0 Å². The minimum atomic E-state index is -1.11. The summed E-state index contributed by atoms with van der Waals surface area (Å²) in [5.41, 5.74) is 1.96. The minimum absolute atomic E-state index is 0. The highest BCUT2D eigenvalue weighted by Gasteiger charge is 2.37. The second kappa shape index (κ2) is 9.79. The van der Waals surface area contributed by atoms with Gasteiger partial charge in [-0.3, -0.25) is 4.79 Å². The zero-order valence-corrected chi connectivity index (χ0v) is 20.3. The second-order valence-electron chi connectivity index (χ2n) is 8.86. The quantitative estimate of drug-likeness (QED) is 0.448. The Kier molecular flexibility index (Phi) is 7.24. The van der Waals surface area contributed by atoms with Crippen molar-refractivity contribution in [3.63, 3.8) is 0 Å². The van der Waals surface area contributed by atoms with Crippen molar-refractivity contribution in [1.82, 2.24) is 9.88 Å². The van der Waals surface area contributed by atoms with Crippen LogP contribution >= 0.6 is 0 Å². The zero-order chi connectivity index (χ0) is 25.2. The van der Waals surface area contributed by atoms with Crippen molar-refractivity contribution in [1.29, 1.82) is 0 Å². The van der Waals surface area contributed by atoms with Gasteiger partial charge in [0.15, 0.2) is 11.6 Å². The molecular formula is C27H32F2N2O3. The highest BCUT2D eigenvalue weighted by atomic mass is 19.2. The van der Waals surface area contributed by atoms with Gasteiger partial charge in [0, 0.05) is 36.1 Å². The number of aromatic amines is 1. The molecule has 1 aliphatic rings. The first-order chi connectivity index (χ1) is 16.1. The summed E-state index contributed by atoms with van der Waals surface area (Å²) in [5.74, 6) is -3.25. The van der Waals surface area contributed by atoms with Crippen LogP contribution in [0.2, 0.25) is 0 Å². The second-order valence-corrected chi connectivity index (χ2v) is 8.86. The molecule has 1 aliphatic heterocycles. The first-order valence-corrected chi connectivity index (χ1v) is 11.4.